The van der Waals surface area contributed by atoms with Crippen molar-refractivity contribution in [3.05, 3.63) is 22.5 Å². The summed E-state index contributed by atoms with van der Waals surface area (Å²) in [5.41, 5.74) is 0. The molecule has 1 fully saturated rings. The minimum atomic E-state index is -1.09. The molecule has 0 aromatic carbocycles. The van der Waals surface area contributed by atoms with Crippen LogP contribution in [0.15, 0.2) is 12.4 Å². The highest BCUT2D eigenvalue weighted by molar-refractivity contribution is 6.21. The van der Waals surface area contributed by atoms with Crippen molar-refractivity contribution in [3.8, 4) is 0 Å². The zero-order chi connectivity index (χ0) is 12.6. The van der Waals surface area contributed by atoms with Crippen molar-refractivity contribution in [1.82, 2.24) is 9.55 Å². The zero-order valence-corrected chi connectivity index (χ0v) is 9.27. The van der Waals surface area contributed by atoms with Crippen LogP contribution in [0.4, 0.5) is 5.95 Å². The van der Waals surface area contributed by atoms with Crippen LogP contribution in [-0.4, -0.2) is 48.9 Å². The second-order valence-corrected chi connectivity index (χ2v) is 4.08. The SMILES string of the molecule is O=[N+]([O-])c1nccn1C1O[C@H](CO)[C@@H](O)[C@@H]1Cl. The highest BCUT2D eigenvalue weighted by Crippen LogP contribution is 2.35. The van der Waals surface area contributed by atoms with Crippen molar-refractivity contribution in [2.45, 2.75) is 23.8 Å². The van der Waals surface area contributed by atoms with Crippen molar-refractivity contribution < 1.29 is 19.9 Å². The molecular weight excluding hydrogens is 254 g/mol. The summed E-state index contributed by atoms with van der Waals surface area (Å²) in [4.78, 5) is 13.6. The number of imidazole rings is 1. The fourth-order valence-electron chi connectivity index (χ4n) is 1.72. The average molecular weight is 264 g/mol. The lowest BCUT2D eigenvalue weighted by Crippen LogP contribution is -2.30. The normalized spacial score (nSPS) is 32.9. The molecule has 0 radical (unpaired) electrons. The van der Waals surface area contributed by atoms with E-state index in [2.05, 4.69) is 4.98 Å². The summed E-state index contributed by atoms with van der Waals surface area (Å²) >= 11 is 5.91. The van der Waals surface area contributed by atoms with Crippen molar-refractivity contribution in [2.75, 3.05) is 6.61 Å². The number of nitro groups is 1. The van der Waals surface area contributed by atoms with Gasteiger partial charge >= 0.3 is 5.95 Å². The number of aromatic nitrogens is 2. The summed E-state index contributed by atoms with van der Waals surface area (Å²) in [5, 5.41) is 28.4. The minimum absolute atomic E-state index is 0.413. The minimum Gasteiger partial charge on any atom is -0.394 e. The Morgan fingerprint density at radius 2 is 2.41 bits per heavy atom. The van der Waals surface area contributed by atoms with Gasteiger partial charge in [0.25, 0.3) is 0 Å². The molecule has 0 spiro atoms. The molecule has 17 heavy (non-hydrogen) atoms. The summed E-state index contributed by atoms with van der Waals surface area (Å²) in [7, 11) is 0. The summed E-state index contributed by atoms with van der Waals surface area (Å²) < 4.78 is 6.38. The van der Waals surface area contributed by atoms with E-state index in [9.17, 15) is 15.2 Å². The molecule has 1 aromatic rings. The van der Waals surface area contributed by atoms with Crippen LogP contribution in [0.25, 0.3) is 0 Å². The van der Waals surface area contributed by atoms with Crippen LogP contribution in [0, 0.1) is 10.1 Å². The first-order valence-electron chi connectivity index (χ1n) is 4.82. The van der Waals surface area contributed by atoms with Crippen molar-refractivity contribution >= 4 is 17.5 Å². The lowest BCUT2D eigenvalue weighted by Gasteiger charge is -2.12. The molecule has 9 heteroatoms. The molecular formula is C8H10ClN3O5. The molecule has 0 bridgehead atoms. The number of hydrogen-bond donors (Lipinski definition) is 2. The maximum absolute atomic E-state index is 10.7. The number of alkyl halides is 1. The molecule has 1 aromatic heterocycles. The van der Waals surface area contributed by atoms with E-state index in [1.165, 1.54) is 12.4 Å². The largest absolute Gasteiger partial charge is 0.436 e. The van der Waals surface area contributed by atoms with Crippen LogP contribution in [-0.2, 0) is 4.74 Å². The first-order chi connectivity index (χ1) is 8.06. The Kier molecular flexibility index (Phi) is 3.29. The van der Waals surface area contributed by atoms with Crippen molar-refractivity contribution in [1.29, 1.82) is 0 Å². The fraction of sp³-hybridized carbons (Fsp3) is 0.625. The van der Waals surface area contributed by atoms with Crippen molar-refractivity contribution in [3.63, 3.8) is 0 Å². The van der Waals surface area contributed by atoms with Crippen LogP contribution in [0.3, 0.4) is 0 Å². The standard InChI is InChI=1S/C8H10ClN3O5/c9-5-6(14)4(3-13)17-7(5)11-2-1-10-8(11)12(15)16/h1-2,4-7,13-14H,3H2/t4-,5+,6-,7?/m1/s1. The quantitative estimate of drug-likeness (QED) is 0.438. The van der Waals surface area contributed by atoms with Gasteiger partial charge in [-0.25, -0.2) is 4.57 Å². The Hall–Kier alpha value is -1.22. The third-order valence-electron chi connectivity index (χ3n) is 2.56. The smallest absolute Gasteiger partial charge is 0.394 e. The molecule has 8 nitrogen and oxygen atoms in total. The molecule has 2 N–H and O–H groups in total. The molecule has 2 rings (SSSR count). The van der Waals surface area contributed by atoms with E-state index >= 15 is 0 Å². The van der Waals surface area contributed by atoms with E-state index in [4.69, 9.17) is 21.4 Å². The molecule has 1 saturated heterocycles. The van der Waals surface area contributed by atoms with Gasteiger partial charge in [-0.15, -0.1) is 11.6 Å². The van der Waals surface area contributed by atoms with Gasteiger partial charge < -0.3 is 25.1 Å². The number of aliphatic hydroxyl groups excluding tert-OH is 2. The molecule has 0 aliphatic carbocycles. The Morgan fingerprint density at radius 3 is 2.94 bits per heavy atom. The molecule has 0 saturated carbocycles. The van der Waals surface area contributed by atoms with Gasteiger partial charge in [0, 0.05) is 0 Å². The molecule has 4 atom stereocenters. The van der Waals surface area contributed by atoms with E-state index in [0.717, 1.165) is 4.57 Å². The Labute approximate surface area is 101 Å². The molecule has 1 aliphatic rings. The predicted octanol–water partition coefficient (Wildman–Crippen LogP) is -0.351. The van der Waals surface area contributed by atoms with E-state index in [1.807, 2.05) is 0 Å². The van der Waals surface area contributed by atoms with Crippen LogP contribution in [0.5, 0.6) is 0 Å². The summed E-state index contributed by atoms with van der Waals surface area (Å²) in [5.74, 6) is -0.425. The molecule has 1 unspecified atom stereocenters. The molecule has 2 heterocycles. The lowest BCUT2D eigenvalue weighted by atomic mass is 10.2. The maximum atomic E-state index is 10.7. The number of rotatable bonds is 3. The molecule has 1 aliphatic heterocycles. The monoisotopic (exact) mass is 263 g/mol. The van der Waals surface area contributed by atoms with Gasteiger partial charge in [0.1, 0.15) is 30.0 Å². The summed E-state index contributed by atoms with van der Waals surface area (Å²) in [6, 6.07) is 0. The van der Waals surface area contributed by atoms with E-state index < -0.39 is 41.3 Å². The molecule has 94 valence electrons. The third-order valence-corrected chi connectivity index (χ3v) is 3.03. The van der Waals surface area contributed by atoms with Gasteiger partial charge in [0.15, 0.2) is 0 Å². The average Bonchev–Trinajstić information content (AvgIpc) is 2.86. The first-order valence-corrected chi connectivity index (χ1v) is 5.25. The van der Waals surface area contributed by atoms with Gasteiger partial charge in [-0.2, -0.15) is 0 Å². The predicted molar refractivity (Wildman–Crippen MR) is 55.5 cm³/mol. The topological polar surface area (TPSA) is 111 Å². The van der Waals surface area contributed by atoms with Crippen LogP contribution in [0.2, 0.25) is 0 Å². The van der Waals surface area contributed by atoms with Crippen LogP contribution in [0.1, 0.15) is 6.23 Å². The van der Waals surface area contributed by atoms with Gasteiger partial charge in [0.05, 0.1) is 6.61 Å². The Balaban J connectivity index is 2.29. The number of halogens is 1. The van der Waals surface area contributed by atoms with Gasteiger partial charge in [-0.3, -0.25) is 0 Å². The van der Waals surface area contributed by atoms with E-state index in [1.54, 1.807) is 0 Å². The first kappa shape index (κ1) is 12.2. The summed E-state index contributed by atoms with van der Waals surface area (Å²) in [6.07, 6.45) is -0.293. The highest BCUT2D eigenvalue weighted by atomic mass is 35.5. The Morgan fingerprint density at radius 1 is 1.71 bits per heavy atom. The third kappa shape index (κ3) is 2.00. The van der Waals surface area contributed by atoms with E-state index in [0.29, 0.717) is 0 Å². The van der Waals surface area contributed by atoms with Crippen molar-refractivity contribution in [2.24, 2.45) is 0 Å². The molecule has 0 amide bonds. The summed E-state index contributed by atoms with van der Waals surface area (Å²) in [6.45, 7) is -0.413. The van der Waals surface area contributed by atoms with Gasteiger partial charge in [0.2, 0.25) is 6.23 Å². The number of aliphatic hydroxyl groups is 2. The second-order valence-electron chi connectivity index (χ2n) is 3.57. The number of nitrogens with zero attached hydrogens (tertiary/aromatic N) is 3. The maximum Gasteiger partial charge on any atom is 0.436 e. The second kappa shape index (κ2) is 4.57. The van der Waals surface area contributed by atoms with Gasteiger partial charge in [-0.05, 0) is 4.92 Å². The number of hydrogen-bond acceptors (Lipinski definition) is 6. The lowest BCUT2D eigenvalue weighted by molar-refractivity contribution is -0.398. The van der Waals surface area contributed by atoms with Crippen LogP contribution < -0.4 is 0 Å². The zero-order valence-electron chi connectivity index (χ0n) is 8.51. The fourth-order valence-corrected chi connectivity index (χ4v) is 2.07. The Bertz CT molecular complexity index is 425. The highest BCUT2D eigenvalue weighted by Gasteiger charge is 2.46. The number of ether oxygens (including phenoxy) is 1. The van der Waals surface area contributed by atoms with Gasteiger partial charge in [-0.1, -0.05) is 4.98 Å². The van der Waals surface area contributed by atoms with Crippen LogP contribution >= 0.6 is 11.6 Å². The van der Waals surface area contributed by atoms with E-state index in [-0.39, 0.29) is 0 Å².